The Balaban J connectivity index is 2.62. The van der Waals surface area contributed by atoms with Crippen molar-refractivity contribution < 1.29 is 4.79 Å². The number of amides is 1. The van der Waals surface area contributed by atoms with Gasteiger partial charge in [-0.3, -0.25) is 4.79 Å². The lowest BCUT2D eigenvalue weighted by Crippen LogP contribution is -2.32. The van der Waals surface area contributed by atoms with Crippen LogP contribution in [0.4, 0.5) is 0 Å². The minimum atomic E-state index is 0.0207. The fraction of sp³-hybridized carbons (Fsp3) is 0.444. The van der Waals surface area contributed by atoms with E-state index in [0.717, 1.165) is 19.4 Å². The largest absolute Gasteiger partial charge is 0.333 e. The molecule has 1 aliphatic rings. The van der Waals surface area contributed by atoms with Gasteiger partial charge in [0.1, 0.15) is 0 Å². The van der Waals surface area contributed by atoms with Gasteiger partial charge in [-0.05, 0) is 18.9 Å². The molecule has 11 heavy (non-hydrogen) atoms. The third-order valence-corrected chi connectivity index (χ3v) is 2.03. The molecule has 2 nitrogen and oxygen atoms in total. The molecule has 0 aliphatic carbocycles. The Bertz CT molecular complexity index is 186. The van der Waals surface area contributed by atoms with Gasteiger partial charge in [0.05, 0.1) is 6.04 Å². The lowest BCUT2D eigenvalue weighted by atomic mass is 10.2. The molecule has 1 aliphatic heterocycles. The molecule has 1 fully saturated rings. The molecule has 1 saturated heterocycles. The van der Waals surface area contributed by atoms with Gasteiger partial charge >= 0.3 is 0 Å². The molecule has 1 atom stereocenters. The first-order valence-corrected chi connectivity index (χ1v) is 3.85. The smallest absolute Gasteiger partial charge is 0.246 e. The van der Waals surface area contributed by atoms with E-state index < -0.39 is 0 Å². The number of hydrogen-bond acceptors (Lipinski definition) is 1. The SMILES string of the molecule is C=CC(=O)N1CCC[C@H]1C=C. The van der Waals surface area contributed by atoms with Gasteiger partial charge in [-0.25, -0.2) is 0 Å². The Hall–Kier alpha value is -1.05. The third kappa shape index (κ3) is 1.50. The van der Waals surface area contributed by atoms with Crippen LogP contribution in [0.5, 0.6) is 0 Å². The van der Waals surface area contributed by atoms with Gasteiger partial charge in [-0.1, -0.05) is 12.7 Å². The third-order valence-electron chi connectivity index (χ3n) is 2.03. The summed E-state index contributed by atoms with van der Waals surface area (Å²) in [5, 5.41) is 0. The molecule has 0 saturated carbocycles. The summed E-state index contributed by atoms with van der Waals surface area (Å²) < 4.78 is 0. The second kappa shape index (κ2) is 3.37. The van der Waals surface area contributed by atoms with Crippen molar-refractivity contribution in [3.63, 3.8) is 0 Å². The van der Waals surface area contributed by atoms with E-state index in [2.05, 4.69) is 13.2 Å². The first kappa shape index (κ1) is 8.05. The van der Waals surface area contributed by atoms with Crippen molar-refractivity contribution in [3.05, 3.63) is 25.3 Å². The molecule has 0 aromatic heterocycles. The van der Waals surface area contributed by atoms with Crippen LogP contribution in [0.2, 0.25) is 0 Å². The maximum Gasteiger partial charge on any atom is 0.246 e. The lowest BCUT2D eigenvalue weighted by molar-refractivity contribution is -0.126. The van der Waals surface area contributed by atoms with Gasteiger partial charge in [0.2, 0.25) is 5.91 Å². The second-order valence-corrected chi connectivity index (χ2v) is 2.68. The Labute approximate surface area is 67.2 Å². The molecular weight excluding hydrogens is 138 g/mol. The predicted octanol–water partition coefficient (Wildman–Crippen LogP) is 1.35. The van der Waals surface area contributed by atoms with E-state index >= 15 is 0 Å². The van der Waals surface area contributed by atoms with E-state index in [0.29, 0.717) is 0 Å². The van der Waals surface area contributed by atoms with E-state index in [1.165, 1.54) is 6.08 Å². The van der Waals surface area contributed by atoms with Crippen LogP contribution in [0.15, 0.2) is 25.3 Å². The fourth-order valence-electron chi connectivity index (χ4n) is 1.43. The maximum absolute atomic E-state index is 11.1. The average molecular weight is 151 g/mol. The highest BCUT2D eigenvalue weighted by Gasteiger charge is 2.23. The van der Waals surface area contributed by atoms with Gasteiger partial charge in [-0.15, -0.1) is 6.58 Å². The number of carbonyl (C=O) groups is 1. The summed E-state index contributed by atoms with van der Waals surface area (Å²) >= 11 is 0. The van der Waals surface area contributed by atoms with Crippen molar-refractivity contribution in [2.75, 3.05) is 6.54 Å². The highest BCUT2D eigenvalue weighted by molar-refractivity contribution is 5.87. The molecule has 0 N–H and O–H groups in total. The van der Waals surface area contributed by atoms with Crippen molar-refractivity contribution in [3.8, 4) is 0 Å². The highest BCUT2D eigenvalue weighted by atomic mass is 16.2. The normalized spacial score (nSPS) is 23.3. The van der Waals surface area contributed by atoms with Crippen molar-refractivity contribution in [1.29, 1.82) is 0 Å². The summed E-state index contributed by atoms with van der Waals surface area (Å²) in [6, 6.07) is 0.237. The Morgan fingerprint density at radius 3 is 2.82 bits per heavy atom. The summed E-state index contributed by atoms with van der Waals surface area (Å²) in [5.41, 5.74) is 0. The molecule has 0 radical (unpaired) electrons. The molecule has 0 spiro atoms. The van der Waals surface area contributed by atoms with Crippen LogP contribution in [0.3, 0.4) is 0 Å². The molecule has 60 valence electrons. The van der Waals surface area contributed by atoms with E-state index in [-0.39, 0.29) is 11.9 Å². The maximum atomic E-state index is 11.1. The van der Waals surface area contributed by atoms with E-state index in [4.69, 9.17) is 0 Å². The summed E-state index contributed by atoms with van der Waals surface area (Å²) in [6.07, 6.45) is 5.32. The van der Waals surface area contributed by atoms with Crippen molar-refractivity contribution in [1.82, 2.24) is 4.90 Å². The van der Waals surface area contributed by atoms with Crippen LogP contribution < -0.4 is 0 Å². The number of hydrogen-bond donors (Lipinski definition) is 0. The molecular formula is C9H13NO. The molecule has 2 heteroatoms. The zero-order valence-electron chi connectivity index (χ0n) is 6.62. The first-order chi connectivity index (χ1) is 5.29. The molecule has 0 aromatic rings. The summed E-state index contributed by atoms with van der Waals surface area (Å²) in [4.78, 5) is 12.9. The van der Waals surface area contributed by atoms with Crippen LogP contribution in [-0.2, 0) is 4.79 Å². The van der Waals surface area contributed by atoms with Crippen molar-refractivity contribution in [2.24, 2.45) is 0 Å². The number of carbonyl (C=O) groups excluding carboxylic acids is 1. The molecule has 0 aromatic carbocycles. The van der Waals surface area contributed by atoms with Gasteiger partial charge in [0.15, 0.2) is 0 Å². The van der Waals surface area contributed by atoms with Crippen LogP contribution in [0.25, 0.3) is 0 Å². The zero-order valence-corrected chi connectivity index (χ0v) is 6.62. The summed E-state index contributed by atoms with van der Waals surface area (Å²) in [6.45, 7) is 7.98. The molecule has 0 unspecified atom stereocenters. The Morgan fingerprint density at radius 1 is 1.55 bits per heavy atom. The van der Waals surface area contributed by atoms with Gasteiger partial charge < -0.3 is 4.90 Å². The molecule has 1 rings (SSSR count). The van der Waals surface area contributed by atoms with Crippen LogP contribution >= 0.6 is 0 Å². The highest BCUT2D eigenvalue weighted by Crippen LogP contribution is 2.17. The fourth-order valence-corrected chi connectivity index (χ4v) is 1.43. The van der Waals surface area contributed by atoms with E-state index in [9.17, 15) is 4.79 Å². The number of rotatable bonds is 2. The van der Waals surface area contributed by atoms with Crippen molar-refractivity contribution >= 4 is 5.91 Å². The van der Waals surface area contributed by atoms with Crippen LogP contribution in [0.1, 0.15) is 12.8 Å². The molecule has 0 bridgehead atoms. The molecule has 1 heterocycles. The van der Waals surface area contributed by atoms with Gasteiger partial charge in [0, 0.05) is 6.54 Å². The minimum absolute atomic E-state index is 0.0207. The lowest BCUT2D eigenvalue weighted by Gasteiger charge is -2.19. The summed E-state index contributed by atoms with van der Waals surface area (Å²) in [5.74, 6) is 0.0207. The number of nitrogens with zero attached hydrogens (tertiary/aromatic N) is 1. The Morgan fingerprint density at radius 2 is 2.27 bits per heavy atom. The topological polar surface area (TPSA) is 20.3 Å². The van der Waals surface area contributed by atoms with E-state index in [1.54, 1.807) is 4.90 Å². The molecule has 1 amide bonds. The summed E-state index contributed by atoms with van der Waals surface area (Å²) in [7, 11) is 0. The number of likely N-dealkylation sites (tertiary alicyclic amines) is 1. The average Bonchev–Trinajstić information content (AvgIpc) is 2.50. The van der Waals surface area contributed by atoms with Gasteiger partial charge in [-0.2, -0.15) is 0 Å². The first-order valence-electron chi connectivity index (χ1n) is 3.85. The van der Waals surface area contributed by atoms with Crippen LogP contribution in [0, 0.1) is 0 Å². The van der Waals surface area contributed by atoms with Crippen molar-refractivity contribution in [2.45, 2.75) is 18.9 Å². The predicted molar refractivity (Wildman–Crippen MR) is 45.1 cm³/mol. The monoisotopic (exact) mass is 151 g/mol. The second-order valence-electron chi connectivity index (χ2n) is 2.68. The standard InChI is InChI=1S/C9H13NO/c1-3-8-6-5-7-10(8)9(11)4-2/h3-4,8H,1-2,5-7H2/t8-/m1/s1. The Kier molecular flexibility index (Phi) is 2.47. The van der Waals surface area contributed by atoms with Crippen LogP contribution in [-0.4, -0.2) is 23.4 Å². The quantitative estimate of drug-likeness (QED) is 0.431. The zero-order chi connectivity index (χ0) is 8.27. The minimum Gasteiger partial charge on any atom is -0.333 e. The van der Waals surface area contributed by atoms with Gasteiger partial charge in [0.25, 0.3) is 0 Å². The van der Waals surface area contributed by atoms with E-state index in [1.807, 2.05) is 6.08 Å².